The molecule has 140 valence electrons. The molecule has 1 amide bonds. The van der Waals surface area contributed by atoms with Gasteiger partial charge in [0.15, 0.2) is 0 Å². The fraction of sp³-hybridized carbons (Fsp3) is 0.611. The molecule has 25 heavy (non-hydrogen) atoms. The van der Waals surface area contributed by atoms with E-state index >= 15 is 0 Å². The molecule has 1 aliphatic rings. The normalized spacial score (nSPS) is 21.9. The number of aryl methyl sites for hydroxylation is 1. The summed E-state index contributed by atoms with van der Waals surface area (Å²) in [6.07, 6.45) is 3.10. The van der Waals surface area contributed by atoms with Crippen LogP contribution in [0.3, 0.4) is 0 Å². The number of sulfonamides is 1. The first-order valence-electron chi connectivity index (χ1n) is 8.83. The van der Waals surface area contributed by atoms with Crippen LogP contribution in [0.25, 0.3) is 0 Å². The Morgan fingerprint density at radius 1 is 1.36 bits per heavy atom. The van der Waals surface area contributed by atoms with Gasteiger partial charge >= 0.3 is 0 Å². The minimum absolute atomic E-state index is 0.0921. The molecule has 1 N–H and O–H groups in total. The highest BCUT2D eigenvalue weighted by Gasteiger charge is 2.38. The zero-order valence-electron chi connectivity index (χ0n) is 15.1. The van der Waals surface area contributed by atoms with Crippen LogP contribution in [0.5, 0.6) is 0 Å². The smallest absolute Gasteiger partial charge is 0.246 e. The lowest BCUT2D eigenvalue weighted by molar-refractivity contribution is -0.126. The third kappa shape index (κ3) is 4.58. The molecule has 2 unspecified atom stereocenters. The highest BCUT2D eigenvalue weighted by molar-refractivity contribution is 7.89. The Hall–Kier alpha value is -1.47. The van der Waals surface area contributed by atoms with Gasteiger partial charge in [-0.2, -0.15) is 4.31 Å². The lowest BCUT2D eigenvalue weighted by atomic mass is 9.94. The van der Waals surface area contributed by atoms with Crippen molar-refractivity contribution in [3.63, 3.8) is 0 Å². The number of amides is 1. The molecule has 1 aliphatic heterocycles. The second kappa shape index (κ2) is 8.27. The van der Waals surface area contributed by atoms with Crippen molar-refractivity contribution in [1.82, 2.24) is 9.62 Å². The van der Waals surface area contributed by atoms with Gasteiger partial charge < -0.3 is 5.32 Å². The van der Waals surface area contributed by atoms with Crippen molar-refractivity contribution in [1.29, 1.82) is 0 Å². The largest absolute Gasteiger partial charge is 0.356 e. The molecule has 2 atom stereocenters. The van der Waals surface area contributed by atoms with Crippen LogP contribution in [0.15, 0.2) is 23.1 Å². The second-order valence-electron chi connectivity index (χ2n) is 6.78. The molecule has 0 radical (unpaired) electrons. The molecular formula is C18H27FN2O3S. The number of rotatable bonds is 6. The van der Waals surface area contributed by atoms with Gasteiger partial charge in [-0.25, -0.2) is 12.8 Å². The number of hydrogen-bond donors (Lipinski definition) is 1. The van der Waals surface area contributed by atoms with E-state index in [1.54, 1.807) is 13.8 Å². The van der Waals surface area contributed by atoms with Crippen molar-refractivity contribution < 1.29 is 17.6 Å². The molecule has 0 bridgehead atoms. The highest BCUT2D eigenvalue weighted by atomic mass is 32.2. The number of hydrogen-bond acceptors (Lipinski definition) is 3. The minimum atomic E-state index is -3.98. The van der Waals surface area contributed by atoms with Gasteiger partial charge in [-0.15, -0.1) is 0 Å². The molecule has 0 saturated carbocycles. The molecule has 1 saturated heterocycles. The lowest BCUT2D eigenvalue weighted by Gasteiger charge is -2.36. The summed E-state index contributed by atoms with van der Waals surface area (Å²) in [6.45, 7) is 6.26. The zero-order valence-corrected chi connectivity index (χ0v) is 15.9. The first-order valence-corrected chi connectivity index (χ1v) is 10.3. The number of carbonyl (C=O) groups is 1. The van der Waals surface area contributed by atoms with Crippen LogP contribution in [0.1, 0.15) is 45.1 Å². The predicted octanol–water partition coefficient (Wildman–Crippen LogP) is 2.84. The van der Waals surface area contributed by atoms with E-state index in [1.807, 2.05) is 6.92 Å². The average molecular weight is 370 g/mol. The summed E-state index contributed by atoms with van der Waals surface area (Å²) in [6, 6.07) is 3.80. The fourth-order valence-electron chi connectivity index (χ4n) is 3.09. The van der Waals surface area contributed by atoms with E-state index in [0.29, 0.717) is 24.9 Å². The van der Waals surface area contributed by atoms with Gasteiger partial charge in [-0.3, -0.25) is 4.79 Å². The summed E-state index contributed by atoms with van der Waals surface area (Å²) in [5.41, 5.74) is 0.679. The molecule has 0 aliphatic carbocycles. The van der Waals surface area contributed by atoms with E-state index in [2.05, 4.69) is 5.32 Å². The van der Waals surface area contributed by atoms with Crippen molar-refractivity contribution in [3.05, 3.63) is 29.6 Å². The van der Waals surface area contributed by atoms with Crippen LogP contribution in [0, 0.1) is 18.7 Å². The van der Waals surface area contributed by atoms with Crippen molar-refractivity contribution in [2.75, 3.05) is 13.1 Å². The maximum absolute atomic E-state index is 14.1. The maximum atomic E-state index is 14.1. The van der Waals surface area contributed by atoms with Gasteiger partial charge in [-0.1, -0.05) is 19.4 Å². The Morgan fingerprint density at radius 3 is 2.76 bits per heavy atom. The number of benzene rings is 1. The third-order valence-corrected chi connectivity index (χ3v) is 6.69. The van der Waals surface area contributed by atoms with E-state index in [-0.39, 0.29) is 23.4 Å². The Bertz CT molecular complexity index is 721. The van der Waals surface area contributed by atoms with Gasteiger partial charge in [0.05, 0.1) is 5.92 Å². The van der Waals surface area contributed by atoms with Gasteiger partial charge in [0.2, 0.25) is 15.9 Å². The van der Waals surface area contributed by atoms with Crippen LogP contribution in [0.4, 0.5) is 4.39 Å². The van der Waals surface area contributed by atoms with Crippen molar-refractivity contribution >= 4 is 15.9 Å². The maximum Gasteiger partial charge on any atom is 0.246 e. The minimum Gasteiger partial charge on any atom is -0.356 e. The standard InChI is InChI=1S/C18H27FN2O3S/c1-4-5-10-20-18(22)15-8-7-14(3)21(12-15)25(23,24)17-11-13(2)6-9-16(17)19/h6,9,11,14-15H,4-5,7-8,10,12H2,1-3H3,(H,20,22). The molecule has 1 heterocycles. The number of piperidine rings is 1. The Labute approximate surface area is 149 Å². The topological polar surface area (TPSA) is 66.5 Å². The predicted molar refractivity (Wildman–Crippen MR) is 95.1 cm³/mol. The first kappa shape index (κ1) is 19.8. The fourth-order valence-corrected chi connectivity index (χ4v) is 4.95. The van der Waals surface area contributed by atoms with Gasteiger partial charge in [0, 0.05) is 19.1 Å². The monoisotopic (exact) mass is 370 g/mol. The van der Waals surface area contributed by atoms with E-state index in [4.69, 9.17) is 0 Å². The molecule has 5 nitrogen and oxygen atoms in total. The van der Waals surface area contributed by atoms with Gasteiger partial charge in [-0.05, 0) is 50.8 Å². The van der Waals surface area contributed by atoms with Crippen LogP contribution in [-0.2, 0) is 14.8 Å². The summed E-state index contributed by atoms with van der Waals surface area (Å²) in [5.74, 6) is -1.27. The Kier molecular flexibility index (Phi) is 6.57. The number of nitrogens with one attached hydrogen (secondary N) is 1. The number of nitrogens with zero attached hydrogens (tertiary/aromatic N) is 1. The van der Waals surface area contributed by atoms with E-state index < -0.39 is 21.8 Å². The van der Waals surface area contributed by atoms with E-state index in [0.717, 1.165) is 12.8 Å². The summed E-state index contributed by atoms with van der Waals surface area (Å²) in [4.78, 5) is 12.0. The molecule has 1 aromatic carbocycles. The van der Waals surface area contributed by atoms with Crippen molar-refractivity contribution in [3.8, 4) is 0 Å². The molecule has 0 spiro atoms. The third-order valence-electron chi connectivity index (χ3n) is 4.70. The van der Waals surface area contributed by atoms with Crippen molar-refractivity contribution in [2.24, 2.45) is 5.92 Å². The van der Waals surface area contributed by atoms with E-state index in [9.17, 15) is 17.6 Å². The Morgan fingerprint density at radius 2 is 2.08 bits per heavy atom. The number of unbranched alkanes of at least 4 members (excludes halogenated alkanes) is 1. The van der Waals surface area contributed by atoms with E-state index in [1.165, 1.54) is 22.5 Å². The molecular weight excluding hydrogens is 343 g/mol. The second-order valence-corrected chi connectivity index (χ2v) is 8.64. The molecule has 0 aromatic heterocycles. The van der Waals surface area contributed by atoms with Gasteiger partial charge in [0.1, 0.15) is 10.7 Å². The van der Waals surface area contributed by atoms with Crippen LogP contribution in [-0.4, -0.2) is 37.8 Å². The quantitative estimate of drug-likeness (QED) is 0.783. The van der Waals surface area contributed by atoms with Crippen molar-refractivity contribution in [2.45, 2.75) is 57.4 Å². The molecule has 1 aromatic rings. The summed E-state index contributed by atoms with van der Waals surface area (Å²) in [5, 5.41) is 2.87. The summed E-state index contributed by atoms with van der Waals surface area (Å²) in [7, 11) is -3.98. The van der Waals surface area contributed by atoms with Crippen LogP contribution >= 0.6 is 0 Å². The molecule has 2 rings (SSSR count). The zero-order chi connectivity index (χ0) is 18.6. The van der Waals surface area contributed by atoms with Crippen LogP contribution in [0.2, 0.25) is 0 Å². The number of carbonyl (C=O) groups excluding carboxylic acids is 1. The Balaban J connectivity index is 2.21. The van der Waals surface area contributed by atoms with Gasteiger partial charge in [0.25, 0.3) is 0 Å². The first-order chi connectivity index (χ1) is 11.8. The van der Waals surface area contributed by atoms with Crippen LogP contribution < -0.4 is 5.32 Å². The summed E-state index contributed by atoms with van der Waals surface area (Å²) >= 11 is 0. The SMILES string of the molecule is CCCCNC(=O)C1CCC(C)N(S(=O)(=O)c2cc(C)ccc2F)C1. The summed E-state index contributed by atoms with van der Waals surface area (Å²) < 4.78 is 41.3. The molecule has 1 fully saturated rings. The lowest BCUT2D eigenvalue weighted by Crippen LogP contribution is -2.49. The number of halogens is 1. The average Bonchev–Trinajstić information content (AvgIpc) is 2.57. The highest BCUT2D eigenvalue weighted by Crippen LogP contribution is 2.29. The molecule has 7 heteroatoms.